The summed E-state index contributed by atoms with van der Waals surface area (Å²) >= 11 is 0. The highest BCUT2D eigenvalue weighted by Gasteiger charge is 2.50. The molecule has 3 rings (SSSR count). The molecule has 182 valence electrons. The zero-order valence-corrected chi connectivity index (χ0v) is 18.7. The summed E-state index contributed by atoms with van der Waals surface area (Å²) in [5, 5.41) is 10.8. The fraction of sp³-hybridized carbons (Fsp3) is 0.360. The van der Waals surface area contributed by atoms with Gasteiger partial charge < -0.3 is 19.9 Å². The van der Waals surface area contributed by atoms with Crippen LogP contribution >= 0.6 is 0 Å². The molecule has 0 bridgehead atoms. The number of carbonyl (C=O) groups excluding carboxylic acids is 1. The second-order valence-corrected chi connectivity index (χ2v) is 7.87. The average Bonchev–Trinajstić information content (AvgIpc) is 3.15. The van der Waals surface area contributed by atoms with Crippen LogP contribution in [0.25, 0.3) is 6.08 Å². The minimum atomic E-state index is -4.54. The number of hydrogen-bond donors (Lipinski definition) is 2. The van der Waals surface area contributed by atoms with Gasteiger partial charge in [0.1, 0.15) is 18.4 Å². The minimum absolute atomic E-state index is 0.0256. The van der Waals surface area contributed by atoms with Crippen LogP contribution in [0.5, 0.6) is 5.75 Å². The highest BCUT2D eigenvalue weighted by molar-refractivity contribution is 6.00. The molecule has 0 fully saturated rings. The molecular formula is C25H27F3N2O4. The molecule has 0 aliphatic carbocycles. The molecule has 0 saturated carbocycles. The number of rotatable bonds is 10. The zero-order chi connectivity index (χ0) is 24.6. The van der Waals surface area contributed by atoms with Crippen molar-refractivity contribution in [3.63, 3.8) is 0 Å². The Morgan fingerprint density at radius 3 is 2.56 bits per heavy atom. The number of amides is 1. The Morgan fingerprint density at radius 2 is 1.91 bits per heavy atom. The molecule has 1 heterocycles. The first-order valence-corrected chi connectivity index (χ1v) is 10.9. The van der Waals surface area contributed by atoms with Gasteiger partial charge >= 0.3 is 6.18 Å². The molecule has 6 nitrogen and oxygen atoms in total. The van der Waals surface area contributed by atoms with Crippen LogP contribution in [0.3, 0.4) is 0 Å². The van der Waals surface area contributed by atoms with Gasteiger partial charge in [-0.3, -0.25) is 4.79 Å². The molecule has 0 unspecified atom stereocenters. The number of halogens is 3. The van der Waals surface area contributed by atoms with E-state index in [4.69, 9.17) is 14.6 Å². The van der Waals surface area contributed by atoms with E-state index < -0.39 is 30.3 Å². The summed E-state index contributed by atoms with van der Waals surface area (Å²) in [6, 6.07) is 16.1. The van der Waals surface area contributed by atoms with E-state index in [1.54, 1.807) is 43.3 Å². The number of aliphatic hydroxyl groups is 1. The van der Waals surface area contributed by atoms with E-state index in [-0.39, 0.29) is 18.9 Å². The van der Waals surface area contributed by atoms with Gasteiger partial charge in [0, 0.05) is 25.0 Å². The maximum Gasteiger partial charge on any atom is 0.405 e. The molecule has 9 heteroatoms. The van der Waals surface area contributed by atoms with Gasteiger partial charge in [-0.15, -0.1) is 0 Å². The first kappa shape index (κ1) is 25.3. The van der Waals surface area contributed by atoms with Crippen LogP contribution < -0.4 is 10.1 Å². The molecule has 2 atom stereocenters. The van der Waals surface area contributed by atoms with Crippen molar-refractivity contribution < 1.29 is 32.5 Å². The van der Waals surface area contributed by atoms with E-state index in [2.05, 4.69) is 4.99 Å². The maximum absolute atomic E-state index is 13.0. The summed E-state index contributed by atoms with van der Waals surface area (Å²) in [4.78, 5) is 17.5. The Labute approximate surface area is 196 Å². The smallest absolute Gasteiger partial charge is 0.405 e. The summed E-state index contributed by atoms with van der Waals surface area (Å²) in [5.74, 6) is -0.0949. The van der Waals surface area contributed by atoms with E-state index >= 15 is 0 Å². The topological polar surface area (TPSA) is 80.2 Å². The maximum atomic E-state index is 13.0. The summed E-state index contributed by atoms with van der Waals surface area (Å²) < 4.78 is 49.7. The molecule has 2 aromatic carbocycles. The van der Waals surface area contributed by atoms with Crippen LogP contribution in [-0.4, -0.2) is 54.5 Å². The fourth-order valence-corrected chi connectivity index (χ4v) is 3.46. The number of carbonyl (C=O) groups is 1. The predicted molar refractivity (Wildman–Crippen MR) is 123 cm³/mol. The van der Waals surface area contributed by atoms with Crippen molar-refractivity contribution in [2.24, 2.45) is 4.99 Å². The van der Waals surface area contributed by atoms with Crippen molar-refractivity contribution in [2.75, 3.05) is 19.8 Å². The largest absolute Gasteiger partial charge is 0.494 e. The molecule has 0 saturated heterocycles. The summed E-state index contributed by atoms with van der Waals surface area (Å²) in [6.07, 6.45) is -1.28. The molecule has 1 aliphatic rings. The molecule has 0 aromatic heterocycles. The number of benzene rings is 2. The van der Waals surface area contributed by atoms with Crippen LogP contribution in [0.4, 0.5) is 13.2 Å². The third kappa shape index (κ3) is 6.60. The average molecular weight is 476 g/mol. The predicted octanol–water partition coefficient (Wildman–Crippen LogP) is 4.13. The van der Waals surface area contributed by atoms with Crippen LogP contribution in [0, 0.1) is 0 Å². The van der Waals surface area contributed by atoms with E-state index in [9.17, 15) is 18.0 Å². The first-order valence-electron chi connectivity index (χ1n) is 10.9. The van der Waals surface area contributed by atoms with Gasteiger partial charge in [0.05, 0.1) is 6.61 Å². The van der Waals surface area contributed by atoms with Crippen LogP contribution in [0.2, 0.25) is 0 Å². The molecular weight excluding hydrogens is 449 g/mol. The molecule has 2 N–H and O–H groups in total. The lowest BCUT2D eigenvalue weighted by molar-refractivity contribution is -0.142. The molecule has 0 radical (unpaired) electrons. The van der Waals surface area contributed by atoms with Gasteiger partial charge in [-0.05, 0) is 36.8 Å². The third-order valence-electron chi connectivity index (χ3n) is 5.32. The van der Waals surface area contributed by atoms with Gasteiger partial charge in [-0.1, -0.05) is 42.5 Å². The summed E-state index contributed by atoms with van der Waals surface area (Å²) in [7, 11) is 0. The lowest BCUT2D eigenvalue weighted by atomic mass is 9.89. The minimum Gasteiger partial charge on any atom is -0.494 e. The quantitative estimate of drug-likeness (QED) is 0.506. The third-order valence-corrected chi connectivity index (χ3v) is 5.32. The Balaban J connectivity index is 1.84. The molecule has 34 heavy (non-hydrogen) atoms. The molecule has 1 amide bonds. The van der Waals surface area contributed by atoms with Crippen LogP contribution in [-0.2, 0) is 9.53 Å². The lowest BCUT2D eigenvalue weighted by Crippen LogP contribution is -2.52. The zero-order valence-electron chi connectivity index (χ0n) is 18.7. The Hall–Kier alpha value is -3.33. The summed E-state index contributed by atoms with van der Waals surface area (Å²) in [5.41, 5.74) is -0.0953. The van der Waals surface area contributed by atoms with Crippen LogP contribution in [0.1, 0.15) is 30.9 Å². The second kappa shape index (κ2) is 11.2. The number of nitrogens with one attached hydrogen (secondary N) is 1. The molecule has 1 aliphatic heterocycles. The van der Waals surface area contributed by atoms with E-state index in [0.717, 1.165) is 5.56 Å². The Bertz CT molecular complexity index is 1010. The van der Waals surface area contributed by atoms with Crippen molar-refractivity contribution in [3.05, 3.63) is 71.8 Å². The first-order chi connectivity index (χ1) is 16.2. The molecule has 2 aromatic rings. The van der Waals surface area contributed by atoms with Crippen molar-refractivity contribution in [2.45, 2.75) is 37.6 Å². The molecule has 0 spiro atoms. The summed E-state index contributed by atoms with van der Waals surface area (Å²) in [6.45, 7) is 0.554. The van der Waals surface area contributed by atoms with Crippen molar-refractivity contribution in [3.8, 4) is 5.75 Å². The monoisotopic (exact) mass is 476 g/mol. The number of alkyl halides is 3. The second-order valence-electron chi connectivity index (χ2n) is 7.87. The number of aliphatic hydroxyl groups excluding tert-OH is 1. The van der Waals surface area contributed by atoms with Crippen LogP contribution in [0.15, 0.2) is 65.7 Å². The van der Waals surface area contributed by atoms with E-state index in [1.807, 2.05) is 35.6 Å². The highest BCUT2D eigenvalue weighted by Crippen LogP contribution is 2.33. The van der Waals surface area contributed by atoms with Gasteiger partial charge in [0.15, 0.2) is 5.54 Å². The van der Waals surface area contributed by atoms with Gasteiger partial charge in [0.2, 0.25) is 5.90 Å². The fourth-order valence-electron chi connectivity index (χ4n) is 3.46. The lowest BCUT2D eigenvalue weighted by Gasteiger charge is -2.27. The van der Waals surface area contributed by atoms with Crippen molar-refractivity contribution >= 4 is 17.9 Å². The van der Waals surface area contributed by atoms with Crippen molar-refractivity contribution in [1.82, 2.24) is 5.32 Å². The highest BCUT2D eigenvalue weighted by atomic mass is 19.4. The van der Waals surface area contributed by atoms with E-state index in [0.29, 0.717) is 24.3 Å². The van der Waals surface area contributed by atoms with Crippen molar-refractivity contribution in [1.29, 1.82) is 0 Å². The normalized spacial score (nSPS) is 20.1. The number of hydrogen-bond acceptors (Lipinski definition) is 5. The number of aliphatic imine (C=N–C) groups is 1. The number of ether oxygens (including phenoxy) is 2. The van der Waals surface area contributed by atoms with Gasteiger partial charge in [0.25, 0.3) is 5.91 Å². The number of nitrogens with zero attached hydrogens (tertiary/aromatic N) is 1. The Kier molecular flexibility index (Phi) is 8.33. The van der Waals surface area contributed by atoms with Gasteiger partial charge in [-0.2, -0.15) is 13.2 Å². The standard InChI is InChI=1S/C25H27F3N2O4/c1-18-24(23(32)29-17-25(26,27)28,14-5-9-19-7-3-2-4-8-19)30-22(34-18)20-10-12-21(13-11-20)33-16-6-15-31/h2-5,7-13,18,31H,6,14-17H2,1H3,(H,29,32)/b9-5+/t18-,24-/m1/s1. The Morgan fingerprint density at radius 1 is 1.21 bits per heavy atom. The SMILES string of the molecule is C[C@H]1OC(c2ccc(OCCCO)cc2)=N[C@@]1(C/C=C/c1ccccc1)C(=O)NCC(F)(F)F. The van der Waals surface area contributed by atoms with Gasteiger partial charge in [-0.25, -0.2) is 4.99 Å². The van der Waals surface area contributed by atoms with E-state index in [1.165, 1.54) is 0 Å².